The van der Waals surface area contributed by atoms with Crippen LogP contribution in [0.15, 0.2) is 6.20 Å². The van der Waals surface area contributed by atoms with Gasteiger partial charge in [0.25, 0.3) is 0 Å². The van der Waals surface area contributed by atoms with Gasteiger partial charge in [-0.1, -0.05) is 12.8 Å². The topological polar surface area (TPSA) is 62.2 Å². The summed E-state index contributed by atoms with van der Waals surface area (Å²) in [5.41, 5.74) is 0. The molecule has 0 saturated heterocycles. The van der Waals surface area contributed by atoms with E-state index in [0.29, 0.717) is 0 Å². The van der Waals surface area contributed by atoms with Crippen molar-refractivity contribution < 1.29 is 9.90 Å². The van der Waals surface area contributed by atoms with Gasteiger partial charge in [-0.15, -0.1) is 11.3 Å². The molecule has 1 heterocycles. The molecule has 4 nitrogen and oxygen atoms in total. The van der Waals surface area contributed by atoms with Gasteiger partial charge in [0, 0.05) is 17.6 Å². The highest BCUT2D eigenvalue weighted by atomic mass is 32.1. The van der Waals surface area contributed by atoms with Crippen LogP contribution >= 0.6 is 11.3 Å². The molecule has 2 unspecified atom stereocenters. The van der Waals surface area contributed by atoms with Gasteiger partial charge >= 0.3 is 5.97 Å². The third kappa shape index (κ3) is 3.53. The molecule has 0 aromatic carbocycles. The van der Waals surface area contributed by atoms with E-state index in [2.05, 4.69) is 10.3 Å². The Kier molecular flexibility index (Phi) is 4.72. The molecular weight excluding hydrogens is 248 g/mol. The minimum absolute atomic E-state index is 0.158. The van der Waals surface area contributed by atoms with Crippen LogP contribution in [0.25, 0.3) is 0 Å². The number of rotatable bonds is 5. The van der Waals surface area contributed by atoms with Crippen LogP contribution in [-0.4, -0.2) is 22.6 Å². The molecule has 5 heteroatoms. The first-order chi connectivity index (χ1) is 8.66. The van der Waals surface area contributed by atoms with Crippen LogP contribution in [0.2, 0.25) is 0 Å². The lowest BCUT2D eigenvalue weighted by Gasteiger charge is -2.28. The molecule has 1 fully saturated rings. The molecule has 18 heavy (non-hydrogen) atoms. The van der Waals surface area contributed by atoms with E-state index < -0.39 is 5.97 Å². The summed E-state index contributed by atoms with van der Waals surface area (Å²) in [7, 11) is 0. The molecule has 0 radical (unpaired) electrons. The standard InChI is InChI=1S/C13H20N2O2S/c1-9-15-8-11(18-9)7-14-6-10-4-2-3-5-12(10)13(16)17/h8,10,12,14H,2-7H2,1H3,(H,16,17). The van der Waals surface area contributed by atoms with Gasteiger partial charge in [0.05, 0.1) is 10.9 Å². The van der Waals surface area contributed by atoms with E-state index in [-0.39, 0.29) is 11.8 Å². The zero-order valence-corrected chi connectivity index (χ0v) is 11.5. The normalized spacial score (nSPS) is 24.1. The summed E-state index contributed by atoms with van der Waals surface area (Å²) in [6.45, 7) is 3.60. The first-order valence-corrected chi connectivity index (χ1v) is 7.33. The molecule has 1 aromatic rings. The Balaban J connectivity index is 1.79. The second kappa shape index (κ2) is 6.29. The number of hydrogen-bond acceptors (Lipinski definition) is 4. The first kappa shape index (κ1) is 13.5. The zero-order valence-electron chi connectivity index (χ0n) is 10.7. The number of aryl methyl sites for hydroxylation is 1. The van der Waals surface area contributed by atoms with Gasteiger partial charge in [0.2, 0.25) is 0 Å². The molecule has 1 aliphatic carbocycles. The summed E-state index contributed by atoms with van der Waals surface area (Å²) in [6, 6.07) is 0. The molecule has 0 spiro atoms. The lowest BCUT2D eigenvalue weighted by molar-refractivity contribution is -0.144. The van der Waals surface area contributed by atoms with E-state index in [4.69, 9.17) is 0 Å². The van der Waals surface area contributed by atoms with Crippen molar-refractivity contribution in [1.29, 1.82) is 0 Å². The molecule has 100 valence electrons. The van der Waals surface area contributed by atoms with Crippen LogP contribution in [0.1, 0.15) is 35.6 Å². The molecule has 2 N–H and O–H groups in total. The Morgan fingerprint density at radius 3 is 3.00 bits per heavy atom. The Morgan fingerprint density at radius 1 is 1.56 bits per heavy atom. The minimum Gasteiger partial charge on any atom is -0.481 e. The van der Waals surface area contributed by atoms with E-state index in [1.54, 1.807) is 11.3 Å². The maximum atomic E-state index is 11.2. The second-order valence-electron chi connectivity index (χ2n) is 4.97. The summed E-state index contributed by atoms with van der Waals surface area (Å²) in [6.07, 6.45) is 5.98. The quantitative estimate of drug-likeness (QED) is 0.861. The van der Waals surface area contributed by atoms with Gasteiger partial charge in [-0.3, -0.25) is 4.79 Å². The largest absolute Gasteiger partial charge is 0.481 e. The Labute approximate surface area is 111 Å². The van der Waals surface area contributed by atoms with Gasteiger partial charge in [-0.25, -0.2) is 4.98 Å². The molecule has 1 saturated carbocycles. The van der Waals surface area contributed by atoms with Crippen molar-refractivity contribution in [3.63, 3.8) is 0 Å². The SMILES string of the molecule is Cc1ncc(CNCC2CCCCC2C(=O)O)s1. The molecule has 2 atom stereocenters. The number of carbonyl (C=O) groups is 1. The summed E-state index contributed by atoms with van der Waals surface area (Å²) in [5.74, 6) is -0.505. The van der Waals surface area contributed by atoms with Crippen molar-refractivity contribution in [3.8, 4) is 0 Å². The number of aromatic nitrogens is 1. The molecule has 0 aliphatic heterocycles. The molecule has 2 rings (SSSR count). The molecule has 1 aromatic heterocycles. The highest BCUT2D eigenvalue weighted by Gasteiger charge is 2.30. The van der Waals surface area contributed by atoms with Crippen molar-refractivity contribution in [3.05, 3.63) is 16.1 Å². The number of hydrogen-bond donors (Lipinski definition) is 2. The molecular formula is C13H20N2O2S. The van der Waals surface area contributed by atoms with Crippen molar-refractivity contribution in [2.75, 3.05) is 6.54 Å². The summed E-state index contributed by atoms with van der Waals surface area (Å²) >= 11 is 1.69. The summed E-state index contributed by atoms with van der Waals surface area (Å²) < 4.78 is 0. The number of nitrogens with one attached hydrogen (secondary N) is 1. The first-order valence-electron chi connectivity index (χ1n) is 6.51. The number of thiazole rings is 1. The fourth-order valence-electron chi connectivity index (χ4n) is 2.64. The molecule has 0 bridgehead atoms. The van der Waals surface area contributed by atoms with E-state index in [9.17, 15) is 9.90 Å². The van der Waals surface area contributed by atoms with E-state index in [1.807, 2.05) is 13.1 Å². The number of aliphatic carboxylic acids is 1. The Hall–Kier alpha value is -0.940. The molecule has 1 aliphatic rings. The van der Waals surface area contributed by atoms with E-state index >= 15 is 0 Å². The van der Waals surface area contributed by atoms with E-state index in [1.165, 1.54) is 4.88 Å². The lowest BCUT2D eigenvalue weighted by Crippen LogP contribution is -2.34. The van der Waals surface area contributed by atoms with Crippen LogP contribution in [0.3, 0.4) is 0 Å². The highest BCUT2D eigenvalue weighted by Crippen LogP contribution is 2.29. The Morgan fingerprint density at radius 2 is 2.33 bits per heavy atom. The summed E-state index contributed by atoms with van der Waals surface area (Å²) in [5, 5.41) is 13.6. The lowest BCUT2D eigenvalue weighted by atomic mass is 9.79. The fraction of sp³-hybridized carbons (Fsp3) is 0.692. The van der Waals surface area contributed by atoms with Crippen molar-refractivity contribution >= 4 is 17.3 Å². The maximum Gasteiger partial charge on any atom is 0.306 e. The maximum absolute atomic E-state index is 11.2. The third-order valence-electron chi connectivity index (χ3n) is 3.60. The summed E-state index contributed by atoms with van der Waals surface area (Å²) in [4.78, 5) is 16.6. The second-order valence-corrected chi connectivity index (χ2v) is 6.29. The fourth-order valence-corrected chi connectivity index (χ4v) is 3.41. The van der Waals surface area contributed by atoms with Crippen molar-refractivity contribution in [2.24, 2.45) is 11.8 Å². The van der Waals surface area contributed by atoms with Crippen LogP contribution in [0.4, 0.5) is 0 Å². The number of carboxylic acid groups (broad SMARTS) is 1. The predicted molar refractivity (Wildman–Crippen MR) is 71.6 cm³/mol. The number of nitrogens with zero attached hydrogens (tertiary/aromatic N) is 1. The van der Waals surface area contributed by atoms with Crippen LogP contribution in [-0.2, 0) is 11.3 Å². The highest BCUT2D eigenvalue weighted by molar-refractivity contribution is 7.11. The van der Waals surface area contributed by atoms with Crippen molar-refractivity contribution in [2.45, 2.75) is 39.2 Å². The average Bonchev–Trinajstić information content (AvgIpc) is 2.75. The van der Waals surface area contributed by atoms with Gasteiger partial charge in [-0.2, -0.15) is 0 Å². The van der Waals surface area contributed by atoms with Gasteiger partial charge in [-0.05, 0) is 32.2 Å². The van der Waals surface area contributed by atoms with Crippen LogP contribution in [0.5, 0.6) is 0 Å². The van der Waals surface area contributed by atoms with Crippen LogP contribution in [0, 0.1) is 18.8 Å². The minimum atomic E-state index is -0.630. The monoisotopic (exact) mass is 268 g/mol. The zero-order chi connectivity index (χ0) is 13.0. The smallest absolute Gasteiger partial charge is 0.306 e. The average molecular weight is 268 g/mol. The van der Waals surface area contributed by atoms with E-state index in [0.717, 1.165) is 43.8 Å². The van der Waals surface area contributed by atoms with Crippen LogP contribution < -0.4 is 5.32 Å². The van der Waals surface area contributed by atoms with Gasteiger partial charge in [0.15, 0.2) is 0 Å². The Bertz CT molecular complexity index is 405. The van der Waals surface area contributed by atoms with Gasteiger partial charge in [0.1, 0.15) is 0 Å². The van der Waals surface area contributed by atoms with Gasteiger partial charge < -0.3 is 10.4 Å². The van der Waals surface area contributed by atoms with Crippen molar-refractivity contribution in [1.82, 2.24) is 10.3 Å². The third-order valence-corrected chi connectivity index (χ3v) is 4.51. The molecule has 0 amide bonds. The predicted octanol–water partition coefficient (Wildman–Crippen LogP) is 2.43. The number of carboxylic acids is 1.